The van der Waals surface area contributed by atoms with Gasteiger partial charge in [-0.1, -0.05) is 0 Å². The van der Waals surface area contributed by atoms with Crippen molar-refractivity contribution in [1.29, 1.82) is 0 Å². The second-order valence-corrected chi connectivity index (χ2v) is 4.72. The SMILES string of the molecule is CC(C)(C)n1c(-c2ccco2)n[nH]c1=S. The molecule has 0 saturated heterocycles. The van der Waals surface area contributed by atoms with Crippen molar-refractivity contribution in [2.45, 2.75) is 26.3 Å². The maximum Gasteiger partial charge on any atom is 0.198 e. The molecule has 0 unspecified atom stereocenters. The van der Waals surface area contributed by atoms with Crippen molar-refractivity contribution in [3.05, 3.63) is 23.2 Å². The lowest BCUT2D eigenvalue weighted by Gasteiger charge is -2.21. The number of rotatable bonds is 1. The number of nitrogens with zero attached hydrogens (tertiary/aromatic N) is 2. The van der Waals surface area contributed by atoms with Gasteiger partial charge in [-0.2, -0.15) is 5.10 Å². The van der Waals surface area contributed by atoms with Gasteiger partial charge >= 0.3 is 0 Å². The van der Waals surface area contributed by atoms with Crippen molar-refractivity contribution < 1.29 is 4.42 Å². The van der Waals surface area contributed by atoms with E-state index in [1.807, 2.05) is 16.7 Å². The molecule has 0 aliphatic heterocycles. The second-order valence-electron chi connectivity index (χ2n) is 4.34. The van der Waals surface area contributed by atoms with Crippen LogP contribution in [0.15, 0.2) is 22.8 Å². The van der Waals surface area contributed by atoms with E-state index in [0.717, 1.165) is 11.6 Å². The van der Waals surface area contributed by atoms with Gasteiger partial charge < -0.3 is 4.42 Å². The van der Waals surface area contributed by atoms with Gasteiger partial charge in [-0.05, 0) is 45.1 Å². The maximum atomic E-state index is 5.32. The number of nitrogens with one attached hydrogen (secondary N) is 1. The summed E-state index contributed by atoms with van der Waals surface area (Å²) in [7, 11) is 0. The van der Waals surface area contributed by atoms with Crippen molar-refractivity contribution >= 4 is 12.2 Å². The first-order valence-corrected chi connectivity index (χ1v) is 5.13. The molecule has 2 heterocycles. The fourth-order valence-corrected chi connectivity index (χ4v) is 1.90. The Hall–Kier alpha value is -1.36. The third-order valence-corrected chi connectivity index (χ3v) is 2.36. The Bertz CT molecular complexity index is 502. The lowest BCUT2D eigenvalue weighted by Crippen LogP contribution is -2.22. The molecule has 0 fully saturated rings. The molecule has 4 nitrogen and oxygen atoms in total. The summed E-state index contributed by atoms with van der Waals surface area (Å²) >= 11 is 5.20. The first kappa shape index (κ1) is 10.2. The van der Waals surface area contributed by atoms with Gasteiger partial charge in [-0.25, -0.2) is 0 Å². The molecule has 0 bridgehead atoms. The van der Waals surface area contributed by atoms with Crippen LogP contribution in [0.1, 0.15) is 20.8 Å². The fourth-order valence-electron chi connectivity index (χ4n) is 1.49. The average molecular weight is 223 g/mol. The van der Waals surface area contributed by atoms with Crippen molar-refractivity contribution in [3.63, 3.8) is 0 Å². The largest absolute Gasteiger partial charge is 0.461 e. The smallest absolute Gasteiger partial charge is 0.198 e. The third-order valence-electron chi connectivity index (χ3n) is 2.08. The van der Waals surface area contributed by atoms with E-state index in [1.54, 1.807) is 6.26 Å². The van der Waals surface area contributed by atoms with Gasteiger partial charge in [0.1, 0.15) is 0 Å². The lowest BCUT2D eigenvalue weighted by molar-refractivity contribution is 0.391. The molecule has 15 heavy (non-hydrogen) atoms. The Morgan fingerprint density at radius 3 is 2.73 bits per heavy atom. The molecule has 2 aromatic heterocycles. The minimum Gasteiger partial charge on any atom is -0.461 e. The summed E-state index contributed by atoms with van der Waals surface area (Å²) in [5, 5.41) is 6.96. The Balaban J connectivity index is 2.65. The van der Waals surface area contributed by atoms with E-state index in [-0.39, 0.29) is 5.54 Å². The van der Waals surface area contributed by atoms with Crippen LogP contribution in [-0.2, 0) is 5.54 Å². The summed E-state index contributed by atoms with van der Waals surface area (Å²) in [6, 6.07) is 3.70. The van der Waals surface area contributed by atoms with Crippen LogP contribution in [0.4, 0.5) is 0 Å². The van der Waals surface area contributed by atoms with Crippen LogP contribution in [0.2, 0.25) is 0 Å². The number of H-pyrrole nitrogens is 1. The molecule has 0 saturated carbocycles. The van der Waals surface area contributed by atoms with Crippen LogP contribution in [0.3, 0.4) is 0 Å². The normalized spacial score (nSPS) is 11.9. The second kappa shape index (κ2) is 3.34. The Labute approximate surface area is 92.9 Å². The predicted molar refractivity (Wildman–Crippen MR) is 60.1 cm³/mol. The van der Waals surface area contributed by atoms with Gasteiger partial charge in [-0.3, -0.25) is 9.67 Å². The van der Waals surface area contributed by atoms with Crippen LogP contribution in [0.25, 0.3) is 11.6 Å². The number of aromatic amines is 1. The number of hydrogen-bond acceptors (Lipinski definition) is 3. The molecular formula is C10H13N3OS. The zero-order chi connectivity index (χ0) is 11.1. The van der Waals surface area contributed by atoms with Crippen molar-refractivity contribution in [1.82, 2.24) is 14.8 Å². The Morgan fingerprint density at radius 1 is 1.47 bits per heavy atom. The summed E-state index contributed by atoms with van der Waals surface area (Å²) in [6.07, 6.45) is 1.63. The summed E-state index contributed by atoms with van der Waals surface area (Å²) in [5.74, 6) is 1.45. The number of furan rings is 1. The third kappa shape index (κ3) is 1.74. The molecule has 2 aromatic rings. The van der Waals surface area contributed by atoms with Gasteiger partial charge in [0.05, 0.1) is 6.26 Å². The van der Waals surface area contributed by atoms with Crippen LogP contribution < -0.4 is 0 Å². The molecule has 0 aliphatic rings. The highest BCUT2D eigenvalue weighted by Crippen LogP contribution is 2.24. The summed E-state index contributed by atoms with van der Waals surface area (Å²) in [4.78, 5) is 0. The van der Waals surface area contributed by atoms with Gasteiger partial charge in [0.25, 0.3) is 0 Å². The average Bonchev–Trinajstić information content (AvgIpc) is 2.68. The van der Waals surface area contributed by atoms with E-state index < -0.39 is 0 Å². The van der Waals surface area contributed by atoms with E-state index in [4.69, 9.17) is 16.6 Å². The highest BCUT2D eigenvalue weighted by molar-refractivity contribution is 7.71. The van der Waals surface area contributed by atoms with Gasteiger partial charge in [0.15, 0.2) is 16.4 Å². The van der Waals surface area contributed by atoms with E-state index in [9.17, 15) is 0 Å². The van der Waals surface area contributed by atoms with E-state index in [1.165, 1.54) is 0 Å². The molecule has 0 amide bonds. The van der Waals surface area contributed by atoms with E-state index in [2.05, 4.69) is 31.0 Å². The van der Waals surface area contributed by atoms with Crippen LogP contribution >= 0.6 is 12.2 Å². The van der Waals surface area contributed by atoms with Crippen LogP contribution in [0.5, 0.6) is 0 Å². The molecule has 80 valence electrons. The number of aromatic nitrogens is 3. The topological polar surface area (TPSA) is 46.8 Å². The molecular weight excluding hydrogens is 210 g/mol. The van der Waals surface area contributed by atoms with Gasteiger partial charge in [-0.15, -0.1) is 0 Å². The minimum atomic E-state index is -0.119. The highest BCUT2D eigenvalue weighted by Gasteiger charge is 2.21. The summed E-state index contributed by atoms with van der Waals surface area (Å²) in [6.45, 7) is 6.22. The number of hydrogen-bond donors (Lipinski definition) is 1. The summed E-state index contributed by atoms with van der Waals surface area (Å²) in [5.41, 5.74) is -0.119. The zero-order valence-electron chi connectivity index (χ0n) is 8.94. The Kier molecular flexibility index (Phi) is 2.26. The molecule has 0 aromatic carbocycles. The zero-order valence-corrected chi connectivity index (χ0v) is 9.76. The van der Waals surface area contributed by atoms with Crippen molar-refractivity contribution in [2.24, 2.45) is 0 Å². The maximum absolute atomic E-state index is 5.32. The molecule has 0 radical (unpaired) electrons. The van der Waals surface area contributed by atoms with E-state index >= 15 is 0 Å². The predicted octanol–water partition coefficient (Wildman–Crippen LogP) is 2.96. The molecule has 0 aliphatic carbocycles. The molecule has 1 N–H and O–H groups in total. The van der Waals surface area contributed by atoms with Gasteiger partial charge in [0, 0.05) is 5.54 Å². The highest BCUT2D eigenvalue weighted by atomic mass is 32.1. The monoisotopic (exact) mass is 223 g/mol. The first-order valence-electron chi connectivity index (χ1n) is 4.72. The Morgan fingerprint density at radius 2 is 2.20 bits per heavy atom. The molecule has 0 spiro atoms. The van der Waals surface area contributed by atoms with E-state index in [0.29, 0.717) is 4.77 Å². The lowest BCUT2D eigenvalue weighted by atomic mass is 10.1. The van der Waals surface area contributed by atoms with Gasteiger partial charge in [0.2, 0.25) is 0 Å². The quantitative estimate of drug-likeness (QED) is 0.756. The van der Waals surface area contributed by atoms with Crippen molar-refractivity contribution in [2.75, 3.05) is 0 Å². The minimum absolute atomic E-state index is 0.119. The fraction of sp³-hybridized carbons (Fsp3) is 0.400. The first-order chi connectivity index (χ1) is 7.00. The standard InChI is InChI=1S/C10H13N3OS/c1-10(2,3)13-8(11-12-9(13)15)7-5-4-6-14-7/h4-6H,1-3H3,(H,12,15). The summed E-state index contributed by atoms with van der Waals surface area (Å²) < 4.78 is 7.87. The van der Waals surface area contributed by atoms with Crippen molar-refractivity contribution in [3.8, 4) is 11.6 Å². The molecule has 5 heteroatoms. The molecule has 0 atom stereocenters. The van der Waals surface area contributed by atoms with Crippen LogP contribution in [-0.4, -0.2) is 14.8 Å². The molecule has 2 rings (SSSR count). The van der Waals surface area contributed by atoms with Crippen LogP contribution in [0, 0.1) is 4.77 Å².